The maximum absolute atomic E-state index is 11.3. The lowest BCUT2D eigenvalue weighted by molar-refractivity contribution is -0.113. The third-order valence-electron chi connectivity index (χ3n) is 3.69. The number of aldehydes is 1. The molecule has 19 heavy (non-hydrogen) atoms. The van der Waals surface area contributed by atoms with Crippen molar-refractivity contribution in [2.45, 2.75) is 33.2 Å². The zero-order valence-corrected chi connectivity index (χ0v) is 12.4. The molecule has 1 atom stereocenters. The van der Waals surface area contributed by atoms with E-state index in [1.54, 1.807) is 7.11 Å². The monoisotopic (exact) mass is 261 g/mol. The van der Waals surface area contributed by atoms with Crippen molar-refractivity contribution in [2.75, 3.05) is 7.11 Å². The first kappa shape index (κ1) is 15.3. The Morgan fingerprint density at radius 1 is 1.47 bits per heavy atom. The molecule has 0 bridgehead atoms. The van der Waals surface area contributed by atoms with E-state index >= 15 is 0 Å². The van der Waals surface area contributed by atoms with E-state index in [-0.39, 0.29) is 5.92 Å². The molecule has 0 saturated heterocycles. The Morgan fingerprint density at radius 2 is 2.11 bits per heavy atom. The Hall–Kier alpha value is -1.77. The quantitative estimate of drug-likeness (QED) is 0.799. The van der Waals surface area contributed by atoms with Gasteiger partial charge in [-0.3, -0.25) is 0 Å². The molecule has 0 saturated carbocycles. The van der Waals surface area contributed by atoms with Crippen molar-refractivity contribution < 1.29 is 9.53 Å². The van der Waals surface area contributed by atoms with Gasteiger partial charge in [-0.05, 0) is 25.8 Å². The Balaban J connectivity index is 3.05. The lowest BCUT2D eigenvalue weighted by atomic mass is 9.89. The van der Waals surface area contributed by atoms with Crippen LogP contribution in [0.5, 0.6) is 5.75 Å². The van der Waals surface area contributed by atoms with E-state index in [9.17, 15) is 4.79 Å². The van der Waals surface area contributed by atoms with Gasteiger partial charge in [0, 0.05) is 16.8 Å². The lowest BCUT2D eigenvalue weighted by Gasteiger charge is -2.31. The molecular formula is C16H23NO2. The maximum atomic E-state index is 11.3. The highest BCUT2D eigenvalue weighted by Crippen LogP contribution is 2.26. The lowest BCUT2D eigenvalue weighted by Crippen LogP contribution is -2.47. The van der Waals surface area contributed by atoms with Gasteiger partial charge in [-0.2, -0.15) is 0 Å². The molecule has 1 N–H and O–H groups in total. The highest BCUT2D eigenvalue weighted by atomic mass is 16.5. The van der Waals surface area contributed by atoms with Gasteiger partial charge in [-0.25, -0.2) is 0 Å². The van der Waals surface area contributed by atoms with Crippen LogP contribution in [0.1, 0.15) is 31.9 Å². The van der Waals surface area contributed by atoms with E-state index in [0.717, 1.165) is 28.9 Å². The third-order valence-corrected chi connectivity index (χ3v) is 3.69. The molecule has 1 aromatic carbocycles. The molecule has 104 valence electrons. The van der Waals surface area contributed by atoms with Gasteiger partial charge < -0.3 is 14.8 Å². The molecule has 3 nitrogen and oxygen atoms in total. The van der Waals surface area contributed by atoms with Crippen molar-refractivity contribution in [1.82, 2.24) is 5.32 Å². The Labute approximate surface area is 115 Å². The third kappa shape index (κ3) is 3.16. The fourth-order valence-corrected chi connectivity index (χ4v) is 1.86. The average Bonchev–Trinajstić information content (AvgIpc) is 2.38. The summed E-state index contributed by atoms with van der Waals surface area (Å²) in [5.74, 6) is 0.991. The molecule has 1 rings (SSSR count). The summed E-state index contributed by atoms with van der Waals surface area (Å²) in [6, 6.07) is 5.80. The van der Waals surface area contributed by atoms with E-state index in [2.05, 4.69) is 11.9 Å². The van der Waals surface area contributed by atoms with Crippen LogP contribution in [-0.2, 0) is 4.79 Å². The Morgan fingerprint density at radius 3 is 2.58 bits per heavy atom. The second kappa shape index (κ2) is 5.91. The highest BCUT2D eigenvalue weighted by molar-refractivity contribution is 5.73. The average molecular weight is 261 g/mol. The molecule has 3 heteroatoms. The van der Waals surface area contributed by atoms with Crippen LogP contribution in [0.3, 0.4) is 0 Å². The second-order valence-corrected chi connectivity index (χ2v) is 5.29. The van der Waals surface area contributed by atoms with Gasteiger partial charge in [0.2, 0.25) is 0 Å². The predicted octanol–water partition coefficient (Wildman–Crippen LogP) is 3.18. The summed E-state index contributed by atoms with van der Waals surface area (Å²) in [6.07, 6.45) is 0.943. The summed E-state index contributed by atoms with van der Waals surface area (Å²) in [7, 11) is 1.64. The summed E-state index contributed by atoms with van der Waals surface area (Å²) in [4.78, 5) is 11.3. The number of benzene rings is 1. The Bertz CT molecular complexity index is 480. The molecule has 0 spiro atoms. The minimum Gasteiger partial charge on any atom is -0.496 e. The number of hydrogen-bond donors (Lipinski definition) is 1. The van der Waals surface area contributed by atoms with E-state index in [1.165, 1.54) is 0 Å². The number of nitrogens with one attached hydrogen (secondary N) is 1. The number of rotatable bonds is 6. The van der Waals surface area contributed by atoms with Crippen LogP contribution in [0, 0.1) is 12.8 Å². The molecule has 0 aliphatic carbocycles. The molecule has 0 heterocycles. The van der Waals surface area contributed by atoms with Crippen molar-refractivity contribution in [1.29, 1.82) is 0 Å². The number of ether oxygens (including phenoxy) is 1. The van der Waals surface area contributed by atoms with Gasteiger partial charge in [0.05, 0.1) is 12.6 Å². The number of hydrogen-bond acceptors (Lipinski definition) is 3. The van der Waals surface area contributed by atoms with Gasteiger partial charge >= 0.3 is 0 Å². The van der Waals surface area contributed by atoms with Gasteiger partial charge in [0.15, 0.2) is 0 Å². The van der Waals surface area contributed by atoms with Gasteiger partial charge in [0.25, 0.3) is 0 Å². The fraction of sp³-hybridized carbons (Fsp3) is 0.438. The molecule has 0 radical (unpaired) electrons. The van der Waals surface area contributed by atoms with Crippen molar-refractivity contribution in [2.24, 2.45) is 5.92 Å². The van der Waals surface area contributed by atoms with Crippen LogP contribution >= 0.6 is 0 Å². The summed E-state index contributed by atoms with van der Waals surface area (Å²) >= 11 is 0. The first-order valence-electron chi connectivity index (χ1n) is 6.43. The second-order valence-electron chi connectivity index (χ2n) is 5.29. The topological polar surface area (TPSA) is 38.3 Å². The molecule has 0 fully saturated rings. The van der Waals surface area contributed by atoms with Crippen molar-refractivity contribution in [3.8, 4) is 5.75 Å². The molecule has 0 aliphatic rings. The normalized spacial score (nSPS) is 13.8. The molecule has 1 unspecified atom stereocenters. The number of carbonyl (C=O) groups excluding carboxylic acids is 1. The minimum absolute atomic E-state index is 0.174. The minimum atomic E-state index is -0.618. The zero-order valence-electron chi connectivity index (χ0n) is 12.4. The van der Waals surface area contributed by atoms with Crippen LogP contribution < -0.4 is 10.1 Å². The van der Waals surface area contributed by atoms with E-state index < -0.39 is 5.54 Å². The SMILES string of the molecule is C=C(NC(C)(C=O)C(C)C)c1cccc(OC)c1C. The summed E-state index contributed by atoms with van der Waals surface area (Å²) < 4.78 is 5.30. The smallest absolute Gasteiger partial charge is 0.145 e. The van der Waals surface area contributed by atoms with Crippen LogP contribution in [0.15, 0.2) is 24.8 Å². The molecular weight excluding hydrogens is 238 g/mol. The summed E-state index contributed by atoms with van der Waals surface area (Å²) in [5, 5.41) is 3.23. The fourth-order valence-electron chi connectivity index (χ4n) is 1.86. The molecule has 0 amide bonds. The van der Waals surface area contributed by atoms with Crippen molar-refractivity contribution in [3.05, 3.63) is 35.9 Å². The first-order valence-corrected chi connectivity index (χ1v) is 6.43. The van der Waals surface area contributed by atoms with Gasteiger partial charge in [0.1, 0.15) is 12.0 Å². The van der Waals surface area contributed by atoms with Crippen LogP contribution in [-0.4, -0.2) is 18.9 Å². The van der Waals surface area contributed by atoms with E-state index in [0.29, 0.717) is 0 Å². The predicted molar refractivity (Wildman–Crippen MR) is 79.2 cm³/mol. The molecule has 0 aliphatic heterocycles. The van der Waals surface area contributed by atoms with Crippen LogP contribution in [0.2, 0.25) is 0 Å². The standard InChI is InChI=1S/C16H23NO2/c1-11(2)16(5,10-18)17-13(4)14-8-7-9-15(19-6)12(14)3/h7-11,17H,4H2,1-3,5-6H3. The van der Waals surface area contributed by atoms with Crippen molar-refractivity contribution in [3.63, 3.8) is 0 Å². The number of methoxy groups -OCH3 is 1. The zero-order chi connectivity index (χ0) is 14.6. The van der Waals surface area contributed by atoms with E-state index in [4.69, 9.17) is 4.74 Å². The number of carbonyl (C=O) groups is 1. The summed E-state index contributed by atoms with van der Waals surface area (Å²) in [6.45, 7) is 11.9. The highest BCUT2D eigenvalue weighted by Gasteiger charge is 2.28. The van der Waals surface area contributed by atoms with Crippen LogP contribution in [0.4, 0.5) is 0 Å². The van der Waals surface area contributed by atoms with Gasteiger partial charge in [-0.15, -0.1) is 0 Å². The maximum Gasteiger partial charge on any atom is 0.145 e. The largest absolute Gasteiger partial charge is 0.496 e. The molecule has 0 aromatic heterocycles. The van der Waals surface area contributed by atoms with Gasteiger partial charge in [-0.1, -0.05) is 32.6 Å². The first-order chi connectivity index (χ1) is 8.85. The van der Waals surface area contributed by atoms with Crippen LogP contribution in [0.25, 0.3) is 5.70 Å². The van der Waals surface area contributed by atoms with E-state index in [1.807, 2.05) is 45.9 Å². The summed E-state index contributed by atoms with van der Waals surface area (Å²) in [5.41, 5.74) is 2.10. The van der Waals surface area contributed by atoms with Crippen molar-refractivity contribution >= 4 is 12.0 Å². The Kier molecular flexibility index (Phi) is 4.76. The molecule has 1 aromatic rings.